The van der Waals surface area contributed by atoms with Crippen molar-refractivity contribution in [2.45, 2.75) is 19.5 Å². The second-order valence-electron chi connectivity index (χ2n) is 7.88. The van der Waals surface area contributed by atoms with Crippen LogP contribution in [0.15, 0.2) is 72.0 Å². The summed E-state index contributed by atoms with van der Waals surface area (Å²) < 4.78 is 0. The molecule has 2 aliphatic heterocycles. The summed E-state index contributed by atoms with van der Waals surface area (Å²) in [6.45, 7) is 1.88. The number of para-hydroxylation sites is 1. The molecule has 3 amide bonds. The number of hydrogen-bond acceptors (Lipinski definition) is 5. The molecular formula is C25H21N5O3. The van der Waals surface area contributed by atoms with Crippen LogP contribution in [-0.4, -0.2) is 41.1 Å². The zero-order valence-electron chi connectivity index (χ0n) is 17.9. The topological polar surface area (TPSA) is 104 Å². The van der Waals surface area contributed by atoms with Gasteiger partial charge in [0.25, 0.3) is 11.8 Å². The van der Waals surface area contributed by atoms with Gasteiger partial charge in [-0.3, -0.25) is 19.4 Å². The number of aliphatic imine (C=N–C) groups is 1. The van der Waals surface area contributed by atoms with E-state index < -0.39 is 12.1 Å². The molecule has 0 unspecified atom stereocenters. The number of nitrogens with one attached hydrogen (secondary N) is 2. The number of hydrogen-bond donors (Lipinski definition) is 2. The Bertz CT molecular complexity index is 1300. The molecular weight excluding hydrogens is 418 g/mol. The number of amides is 3. The minimum Gasteiger partial charge on any atom is -0.324 e. The van der Waals surface area contributed by atoms with Crippen molar-refractivity contribution in [3.8, 4) is 0 Å². The molecule has 0 fully saturated rings. The Morgan fingerprint density at radius 3 is 2.67 bits per heavy atom. The van der Waals surface area contributed by atoms with E-state index in [1.165, 1.54) is 25.4 Å². The molecule has 8 nitrogen and oxygen atoms in total. The van der Waals surface area contributed by atoms with Gasteiger partial charge >= 0.3 is 0 Å². The number of carbonyl (C=O) groups excluding carboxylic acids is 3. The normalized spacial score (nSPS) is 16.5. The van der Waals surface area contributed by atoms with Crippen molar-refractivity contribution in [2.24, 2.45) is 4.99 Å². The number of pyridine rings is 1. The second kappa shape index (κ2) is 8.31. The van der Waals surface area contributed by atoms with Gasteiger partial charge in [0.15, 0.2) is 0 Å². The Labute approximate surface area is 190 Å². The van der Waals surface area contributed by atoms with Gasteiger partial charge in [0.2, 0.25) is 12.1 Å². The van der Waals surface area contributed by atoms with E-state index in [2.05, 4.69) is 15.6 Å². The van der Waals surface area contributed by atoms with E-state index >= 15 is 0 Å². The molecule has 2 N–H and O–H groups in total. The predicted octanol–water partition coefficient (Wildman–Crippen LogP) is 2.54. The van der Waals surface area contributed by atoms with Crippen molar-refractivity contribution in [2.75, 3.05) is 16.8 Å². The highest BCUT2D eigenvalue weighted by Gasteiger charge is 2.37. The summed E-state index contributed by atoms with van der Waals surface area (Å²) in [7, 11) is 0. The lowest BCUT2D eigenvalue weighted by Crippen LogP contribution is -2.47. The molecule has 0 spiro atoms. The summed E-state index contributed by atoms with van der Waals surface area (Å²) in [4.78, 5) is 48.6. The second-order valence-corrected chi connectivity index (χ2v) is 7.88. The van der Waals surface area contributed by atoms with E-state index in [4.69, 9.17) is 4.99 Å². The van der Waals surface area contributed by atoms with Crippen molar-refractivity contribution in [3.63, 3.8) is 0 Å². The zero-order chi connectivity index (χ0) is 22.9. The summed E-state index contributed by atoms with van der Waals surface area (Å²) in [6.07, 6.45) is 2.47. The van der Waals surface area contributed by atoms with E-state index in [-0.39, 0.29) is 23.1 Å². The van der Waals surface area contributed by atoms with E-state index in [1.54, 1.807) is 4.90 Å². The Kier molecular flexibility index (Phi) is 5.18. The van der Waals surface area contributed by atoms with Crippen LogP contribution in [0.1, 0.15) is 34.0 Å². The monoisotopic (exact) mass is 439 g/mol. The zero-order valence-corrected chi connectivity index (χ0v) is 17.9. The third-order valence-corrected chi connectivity index (χ3v) is 5.70. The molecule has 0 radical (unpaired) electrons. The Morgan fingerprint density at radius 2 is 1.88 bits per heavy atom. The maximum absolute atomic E-state index is 13.5. The van der Waals surface area contributed by atoms with Crippen LogP contribution < -0.4 is 15.5 Å². The van der Waals surface area contributed by atoms with Gasteiger partial charge in [0.05, 0.1) is 28.8 Å². The lowest BCUT2D eigenvalue weighted by atomic mass is 9.98. The minimum absolute atomic E-state index is 0.202. The molecule has 164 valence electrons. The molecule has 2 aliphatic rings. The van der Waals surface area contributed by atoms with Gasteiger partial charge in [0.1, 0.15) is 0 Å². The third kappa shape index (κ3) is 3.76. The Balaban J connectivity index is 1.57. The molecule has 0 aliphatic carbocycles. The molecule has 0 bridgehead atoms. The SMILES string of the molecule is CC(=O)Nc1cnccc1C(=O)N[C@@H]1N=C(c2ccccc2)c2cccc3c2N(CC3)C1=O. The molecule has 3 heterocycles. The van der Waals surface area contributed by atoms with Crippen molar-refractivity contribution >= 4 is 34.8 Å². The van der Waals surface area contributed by atoms with E-state index in [9.17, 15) is 14.4 Å². The minimum atomic E-state index is -1.12. The van der Waals surface area contributed by atoms with E-state index in [0.29, 0.717) is 12.3 Å². The van der Waals surface area contributed by atoms with Crippen LogP contribution in [0.3, 0.4) is 0 Å². The number of benzene rings is 2. The van der Waals surface area contributed by atoms with E-state index in [0.717, 1.165) is 28.8 Å². The largest absolute Gasteiger partial charge is 0.324 e. The van der Waals surface area contributed by atoms with Gasteiger partial charge < -0.3 is 15.5 Å². The molecule has 2 aromatic carbocycles. The van der Waals surface area contributed by atoms with Gasteiger partial charge in [0, 0.05) is 30.8 Å². The first-order valence-electron chi connectivity index (χ1n) is 10.6. The van der Waals surface area contributed by atoms with Gasteiger partial charge in [-0.05, 0) is 18.1 Å². The van der Waals surface area contributed by atoms with Crippen LogP contribution in [0.4, 0.5) is 11.4 Å². The lowest BCUT2D eigenvalue weighted by Gasteiger charge is -2.21. The first kappa shape index (κ1) is 20.6. The van der Waals surface area contributed by atoms with Crippen LogP contribution in [-0.2, 0) is 16.0 Å². The van der Waals surface area contributed by atoms with Crippen LogP contribution in [0.5, 0.6) is 0 Å². The highest BCUT2D eigenvalue weighted by Crippen LogP contribution is 2.36. The first-order chi connectivity index (χ1) is 16.0. The lowest BCUT2D eigenvalue weighted by molar-refractivity contribution is -0.120. The van der Waals surface area contributed by atoms with E-state index in [1.807, 2.05) is 48.5 Å². The van der Waals surface area contributed by atoms with Crippen molar-refractivity contribution < 1.29 is 14.4 Å². The van der Waals surface area contributed by atoms with Crippen molar-refractivity contribution in [1.29, 1.82) is 0 Å². The Morgan fingerprint density at radius 1 is 1.06 bits per heavy atom. The fraction of sp³-hybridized carbons (Fsp3) is 0.160. The number of aromatic nitrogens is 1. The highest BCUT2D eigenvalue weighted by molar-refractivity contribution is 6.21. The maximum atomic E-state index is 13.5. The maximum Gasteiger partial charge on any atom is 0.272 e. The van der Waals surface area contributed by atoms with Gasteiger partial charge in [-0.2, -0.15) is 0 Å². The number of carbonyl (C=O) groups is 3. The van der Waals surface area contributed by atoms with Crippen LogP contribution >= 0.6 is 0 Å². The molecule has 3 aromatic rings. The summed E-state index contributed by atoms with van der Waals surface area (Å²) in [5.41, 5.74) is 4.77. The van der Waals surface area contributed by atoms with Gasteiger partial charge in [-0.25, -0.2) is 4.99 Å². The number of anilines is 2. The van der Waals surface area contributed by atoms with Crippen LogP contribution in [0, 0.1) is 0 Å². The molecule has 0 saturated carbocycles. The first-order valence-corrected chi connectivity index (χ1v) is 10.6. The number of rotatable bonds is 4. The van der Waals surface area contributed by atoms with Gasteiger partial charge in [-0.15, -0.1) is 0 Å². The average Bonchev–Trinajstić information content (AvgIpc) is 3.21. The van der Waals surface area contributed by atoms with Crippen molar-refractivity contribution in [1.82, 2.24) is 10.3 Å². The summed E-state index contributed by atoms with van der Waals surface area (Å²) in [6, 6.07) is 17.0. The summed E-state index contributed by atoms with van der Waals surface area (Å²) >= 11 is 0. The smallest absolute Gasteiger partial charge is 0.272 e. The van der Waals surface area contributed by atoms with Crippen molar-refractivity contribution in [3.05, 3.63) is 89.2 Å². The molecule has 5 rings (SSSR count). The van der Waals surface area contributed by atoms with Gasteiger partial charge in [-0.1, -0.05) is 48.5 Å². The molecule has 1 atom stereocenters. The quantitative estimate of drug-likeness (QED) is 0.652. The Hall–Kier alpha value is -4.33. The highest BCUT2D eigenvalue weighted by atomic mass is 16.2. The molecule has 33 heavy (non-hydrogen) atoms. The summed E-state index contributed by atoms with van der Waals surface area (Å²) in [5, 5.41) is 5.36. The van der Waals surface area contributed by atoms with Crippen LogP contribution in [0.2, 0.25) is 0 Å². The standard InChI is InChI=1S/C25H21N5O3/c1-15(31)27-20-14-26-12-10-18(20)24(32)29-23-25(33)30-13-11-17-8-5-9-19(22(17)30)21(28-23)16-6-3-2-4-7-16/h2-10,12,14,23H,11,13H2,1H3,(H,27,31)(H,29,32)/t23-/m0/s1. The van der Waals surface area contributed by atoms with Crippen LogP contribution in [0.25, 0.3) is 0 Å². The third-order valence-electron chi connectivity index (χ3n) is 5.70. The predicted molar refractivity (Wildman–Crippen MR) is 124 cm³/mol. The molecule has 1 aromatic heterocycles. The summed E-state index contributed by atoms with van der Waals surface area (Å²) in [5.74, 6) is -1.15. The molecule has 8 heteroatoms. The fourth-order valence-corrected chi connectivity index (χ4v) is 4.27. The fourth-order valence-electron chi connectivity index (χ4n) is 4.27. The average molecular weight is 439 g/mol. The molecule has 0 saturated heterocycles. The number of nitrogens with zero attached hydrogens (tertiary/aromatic N) is 3.